The molecule has 2 aromatic carbocycles. The Hall–Kier alpha value is -2.90. The molecule has 0 saturated heterocycles. The SMILES string of the molecule is CN(C)CCCOc1ccc2nc3c(nc2c1)N(CCCN(C)C)CC1c2ccccc2CCN31. The van der Waals surface area contributed by atoms with Gasteiger partial charge in [0, 0.05) is 32.2 Å². The van der Waals surface area contributed by atoms with Gasteiger partial charge >= 0.3 is 0 Å². The molecule has 2 aliphatic rings. The van der Waals surface area contributed by atoms with Gasteiger partial charge < -0.3 is 24.3 Å². The van der Waals surface area contributed by atoms with Crippen LogP contribution in [0.5, 0.6) is 5.75 Å². The number of nitrogens with zero attached hydrogens (tertiary/aromatic N) is 6. The summed E-state index contributed by atoms with van der Waals surface area (Å²) >= 11 is 0. The maximum Gasteiger partial charge on any atom is 0.173 e. The Morgan fingerprint density at radius 3 is 2.51 bits per heavy atom. The summed E-state index contributed by atoms with van der Waals surface area (Å²) in [6.45, 7) is 5.67. The van der Waals surface area contributed by atoms with Crippen LogP contribution in [0.1, 0.15) is 30.0 Å². The Kier molecular flexibility index (Phi) is 7.07. The average molecular weight is 475 g/mol. The fourth-order valence-corrected chi connectivity index (χ4v) is 5.25. The van der Waals surface area contributed by atoms with Crippen LogP contribution in [0.25, 0.3) is 11.0 Å². The molecule has 0 saturated carbocycles. The van der Waals surface area contributed by atoms with Crippen molar-refractivity contribution in [2.45, 2.75) is 25.3 Å². The molecule has 2 aliphatic heterocycles. The first-order chi connectivity index (χ1) is 17.0. The van der Waals surface area contributed by atoms with E-state index in [1.807, 2.05) is 12.1 Å². The van der Waals surface area contributed by atoms with E-state index in [1.165, 1.54) is 11.1 Å². The molecule has 7 heteroatoms. The lowest BCUT2D eigenvalue weighted by Crippen LogP contribution is -2.48. The average Bonchev–Trinajstić information content (AvgIpc) is 2.85. The highest BCUT2D eigenvalue weighted by molar-refractivity contribution is 5.83. The third kappa shape index (κ3) is 5.21. The van der Waals surface area contributed by atoms with Gasteiger partial charge in [0.15, 0.2) is 11.6 Å². The molecule has 186 valence electrons. The van der Waals surface area contributed by atoms with Gasteiger partial charge in [0.2, 0.25) is 0 Å². The van der Waals surface area contributed by atoms with Gasteiger partial charge in [0.25, 0.3) is 0 Å². The van der Waals surface area contributed by atoms with Crippen LogP contribution >= 0.6 is 0 Å². The van der Waals surface area contributed by atoms with Crippen molar-refractivity contribution >= 4 is 22.7 Å². The minimum Gasteiger partial charge on any atom is -0.493 e. The molecule has 3 aromatic rings. The van der Waals surface area contributed by atoms with E-state index in [-0.39, 0.29) is 0 Å². The number of hydrogen-bond acceptors (Lipinski definition) is 7. The first-order valence-corrected chi connectivity index (χ1v) is 12.8. The van der Waals surface area contributed by atoms with Gasteiger partial charge in [-0.15, -0.1) is 0 Å². The van der Waals surface area contributed by atoms with Crippen molar-refractivity contribution in [3.63, 3.8) is 0 Å². The minimum absolute atomic E-state index is 0.317. The Balaban J connectivity index is 1.46. The first-order valence-electron chi connectivity index (χ1n) is 12.8. The van der Waals surface area contributed by atoms with Crippen LogP contribution < -0.4 is 14.5 Å². The summed E-state index contributed by atoms with van der Waals surface area (Å²) in [4.78, 5) is 19.7. The topological polar surface area (TPSA) is 48.0 Å². The molecule has 1 unspecified atom stereocenters. The van der Waals surface area contributed by atoms with Gasteiger partial charge in [-0.05, 0) is 77.3 Å². The van der Waals surface area contributed by atoms with Crippen LogP contribution in [-0.4, -0.2) is 87.3 Å². The van der Waals surface area contributed by atoms with E-state index in [0.717, 1.165) is 80.4 Å². The molecule has 1 aromatic heterocycles. The molecular weight excluding hydrogens is 436 g/mol. The largest absolute Gasteiger partial charge is 0.493 e. The molecule has 0 bridgehead atoms. The summed E-state index contributed by atoms with van der Waals surface area (Å²) in [6.07, 6.45) is 3.14. The Bertz CT molecular complexity index is 1160. The van der Waals surface area contributed by atoms with Gasteiger partial charge in [-0.25, -0.2) is 9.97 Å². The number of benzene rings is 2. The second-order valence-corrected chi connectivity index (χ2v) is 10.3. The lowest BCUT2D eigenvalue weighted by Gasteiger charge is -2.46. The number of fused-ring (bicyclic) bond motifs is 6. The lowest BCUT2D eigenvalue weighted by molar-refractivity contribution is 0.282. The highest BCUT2D eigenvalue weighted by Crippen LogP contribution is 2.42. The fourth-order valence-electron chi connectivity index (χ4n) is 5.25. The molecule has 0 amide bonds. The third-order valence-electron chi connectivity index (χ3n) is 7.03. The van der Waals surface area contributed by atoms with Crippen LogP contribution in [0.4, 0.5) is 11.6 Å². The van der Waals surface area contributed by atoms with Gasteiger partial charge in [0.05, 0.1) is 23.7 Å². The Morgan fingerprint density at radius 2 is 1.69 bits per heavy atom. The number of ether oxygens (including phenoxy) is 1. The predicted molar refractivity (Wildman–Crippen MR) is 144 cm³/mol. The number of anilines is 2. The van der Waals surface area contributed by atoms with Crippen molar-refractivity contribution in [1.82, 2.24) is 19.8 Å². The molecule has 0 spiro atoms. The van der Waals surface area contributed by atoms with Crippen molar-refractivity contribution in [3.05, 3.63) is 53.6 Å². The van der Waals surface area contributed by atoms with Gasteiger partial charge in [0.1, 0.15) is 5.75 Å². The lowest BCUT2D eigenvalue weighted by atomic mass is 9.91. The van der Waals surface area contributed by atoms with E-state index in [0.29, 0.717) is 12.6 Å². The van der Waals surface area contributed by atoms with Gasteiger partial charge in [-0.3, -0.25) is 0 Å². The standard InChI is InChI=1S/C28H38N6O/c1-31(2)14-7-16-33-20-26-23-10-6-5-9-21(23)13-17-34(26)28-27(33)30-25-19-22(11-12-24(25)29-28)35-18-8-15-32(3)4/h5-6,9-12,19,26H,7-8,13-18,20H2,1-4H3. The second kappa shape index (κ2) is 10.4. The maximum absolute atomic E-state index is 6.03. The zero-order chi connectivity index (χ0) is 24.4. The van der Waals surface area contributed by atoms with Crippen LogP contribution in [-0.2, 0) is 6.42 Å². The van der Waals surface area contributed by atoms with Crippen LogP contribution in [0.2, 0.25) is 0 Å². The van der Waals surface area contributed by atoms with Crippen LogP contribution in [0.3, 0.4) is 0 Å². The molecule has 0 aliphatic carbocycles. The summed E-state index contributed by atoms with van der Waals surface area (Å²) in [5.41, 5.74) is 4.74. The molecule has 35 heavy (non-hydrogen) atoms. The number of rotatable bonds is 9. The molecular formula is C28H38N6O. The Labute approximate surface area is 209 Å². The smallest absolute Gasteiger partial charge is 0.173 e. The van der Waals surface area contributed by atoms with Crippen molar-refractivity contribution in [2.24, 2.45) is 0 Å². The number of hydrogen-bond donors (Lipinski definition) is 0. The van der Waals surface area contributed by atoms with Gasteiger partial charge in [-0.1, -0.05) is 24.3 Å². The zero-order valence-electron chi connectivity index (χ0n) is 21.6. The van der Waals surface area contributed by atoms with Crippen molar-refractivity contribution in [2.75, 3.05) is 77.3 Å². The monoisotopic (exact) mass is 474 g/mol. The third-order valence-corrected chi connectivity index (χ3v) is 7.03. The Morgan fingerprint density at radius 1 is 0.914 bits per heavy atom. The quantitative estimate of drug-likeness (QED) is 0.437. The molecule has 0 radical (unpaired) electrons. The van der Waals surface area contributed by atoms with E-state index in [9.17, 15) is 0 Å². The van der Waals surface area contributed by atoms with E-state index in [2.05, 4.69) is 78.1 Å². The predicted octanol–water partition coefficient (Wildman–Crippen LogP) is 3.84. The minimum atomic E-state index is 0.317. The highest BCUT2D eigenvalue weighted by Gasteiger charge is 2.37. The summed E-state index contributed by atoms with van der Waals surface area (Å²) in [7, 11) is 8.45. The first kappa shape index (κ1) is 23.8. The second-order valence-electron chi connectivity index (χ2n) is 10.3. The van der Waals surface area contributed by atoms with E-state index in [4.69, 9.17) is 14.7 Å². The molecule has 0 N–H and O–H groups in total. The summed E-state index contributed by atoms with van der Waals surface area (Å²) in [5, 5.41) is 0. The summed E-state index contributed by atoms with van der Waals surface area (Å²) in [5.74, 6) is 2.90. The van der Waals surface area contributed by atoms with E-state index < -0.39 is 0 Å². The zero-order valence-corrected chi connectivity index (χ0v) is 21.6. The van der Waals surface area contributed by atoms with Crippen LogP contribution in [0.15, 0.2) is 42.5 Å². The van der Waals surface area contributed by atoms with E-state index >= 15 is 0 Å². The molecule has 5 rings (SSSR count). The summed E-state index contributed by atoms with van der Waals surface area (Å²) < 4.78 is 6.03. The maximum atomic E-state index is 6.03. The highest BCUT2D eigenvalue weighted by atomic mass is 16.5. The molecule has 3 heterocycles. The van der Waals surface area contributed by atoms with E-state index in [1.54, 1.807) is 0 Å². The van der Waals surface area contributed by atoms with Crippen molar-refractivity contribution in [3.8, 4) is 5.75 Å². The molecule has 1 atom stereocenters. The normalized spacial score (nSPS) is 17.0. The molecule has 0 fully saturated rings. The fraction of sp³-hybridized carbons (Fsp3) is 0.500. The molecule has 7 nitrogen and oxygen atoms in total. The van der Waals surface area contributed by atoms with Crippen molar-refractivity contribution in [1.29, 1.82) is 0 Å². The van der Waals surface area contributed by atoms with Crippen molar-refractivity contribution < 1.29 is 4.74 Å². The van der Waals surface area contributed by atoms with Gasteiger partial charge in [-0.2, -0.15) is 0 Å². The summed E-state index contributed by atoms with van der Waals surface area (Å²) in [6, 6.07) is 15.4. The number of aromatic nitrogens is 2. The van der Waals surface area contributed by atoms with Crippen LogP contribution in [0, 0.1) is 0 Å².